The number of rotatable bonds is 3. The van der Waals surface area contributed by atoms with Gasteiger partial charge in [-0.1, -0.05) is 6.07 Å². The molecule has 0 bridgehead atoms. The summed E-state index contributed by atoms with van der Waals surface area (Å²) in [4.78, 5) is 29.2. The molecule has 1 saturated heterocycles. The van der Waals surface area contributed by atoms with Gasteiger partial charge in [-0.05, 0) is 38.8 Å². The third kappa shape index (κ3) is 2.74. The molecule has 20 heavy (non-hydrogen) atoms. The molecule has 1 aromatic heterocycles. The second-order valence-corrected chi connectivity index (χ2v) is 5.26. The van der Waals surface area contributed by atoms with Gasteiger partial charge in [0.2, 0.25) is 0 Å². The van der Waals surface area contributed by atoms with Crippen LogP contribution in [0.5, 0.6) is 0 Å². The van der Waals surface area contributed by atoms with Crippen molar-refractivity contribution in [1.82, 2.24) is 15.2 Å². The summed E-state index contributed by atoms with van der Waals surface area (Å²) in [5.41, 5.74) is 0.535. The first-order valence-electron chi connectivity index (χ1n) is 6.65. The molecule has 1 aliphatic heterocycles. The lowest BCUT2D eigenvalue weighted by Crippen LogP contribution is -2.53. The maximum atomic E-state index is 12.1. The van der Waals surface area contributed by atoms with Gasteiger partial charge in [-0.3, -0.25) is 4.98 Å². The van der Waals surface area contributed by atoms with E-state index < -0.39 is 11.5 Å². The molecular weight excluding hydrogens is 258 g/mol. The summed E-state index contributed by atoms with van der Waals surface area (Å²) in [6.45, 7) is 4.24. The Kier molecular flexibility index (Phi) is 3.92. The zero-order valence-corrected chi connectivity index (χ0v) is 11.7. The Morgan fingerprint density at radius 3 is 2.90 bits per heavy atom. The van der Waals surface area contributed by atoms with Crippen LogP contribution in [0.15, 0.2) is 18.2 Å². The lowest BCUT2D eigenvalue weighted by Gasteiger charge is -2.31. The number of hydrogen-bond acceptors (Lipinski definition) is 3. The zero-order valence-electron chi connectivity index (χ0n) is 11.7. The number of carbonyl (C=O) groups excluding carboxylic acids is 1. The summed E-state index contributed by atoms with van der Waals surface area (Å²) >= 11 is 0. The van der Waals surface area contributed by atoms with Crippen molar-refractivity contribution in [3.05, 3.63) is 29.6 Å². The monoisotopic (exact) mass is 277 g/mol. The summed E-state index contributed by atoms with van der Waals surface area (Å²) in [5, 5.41) is 12.0. The summed E-state index contributed by atoms with van der Waals surface area (Å²) in [6.07, 6.45) is 1.19. The Morgan fingerprint density at radius 2 is 2.25 bits per heavy atom. The predicted octanol–water partition coefficient (Wildman–Crippen LogP) is 1.54. The van der Waals surface area contributed by atoms with Crippen molar-refractivity contribution in [2.75, 3.05) is 6.54 Å². The van der Waals surface area contributed by atoms with E-state index >= 15 is 0 Å². The Hall–Kier alpha value is -2.11. The van der Waals surface area contributed by atoms with Crippen LogP contribution < -0.4 is 5.32 Å². The first kappa shape index (κ1) is 14.3. The molecule has 108 valence electrons. The molecule has 1 atom stereocenters. The fourth-order valence-electron chi connectivity index (χ4n) is 2.47. The fraction of sp³-hybridized carbons (Fsp3) is 0.500. The van der Waals surface area contributed by atoms with Crippen LogP contribution in [-0.2, 0) is 11.3 Å². The van der Waals surface area contributed by atoms with Crippen molar-refractivity contribution in [3.8, 4) is 0 Å². The molecule has 1 aliphatic rings. The topological polar surface area (TPSA) is 82.5 Å². The van der Waals surface area contributed by atoms with E-state index in [4.69, 9.17) is 0 Å². The van der Waals surface area contributed by atoms with E-state index in [2.05, 4.69) is 10.3 Å². The van der Waals surface area contributed by atoms with Gasteiger partial charge in [0.25, 0.3) is 0 Å². The Morgan fingerprint density at radius 1 is 1.50 bits per heavy atom. The molecule has 1 aromatic rings. The van der Waals surface area contributed by atoms with Crippen LogP contribution in [0.25, 0.3) is 0 Å². The molecule has 6 heteroatoms. The second-order valence-electron chi connectivity index (χ2n) is 5.26. The highest BCUT2D eigenvalue weighted by Crippen LogP contribution is 2.29. The van der Waals surface area contributed by atoms with Crippen molar-refractivity contribution >= 4 is 12.0 Å². The quantitative estimate of drug-likeness (QED) is 0.878. The van der Waals surface area contributed by atoms with Gasteiger partial charge in [0.15, 0.2) is 0 Å². The molecule has 0 saturated carbocycles. The standard InChI is InChI=1S/C14H19N3O3/c1-10-5-3-6-11(16-10)9-15-13(20)17-8-4-7-14(17,2)12(18)19/h3,5-6H,4,7-9H2,1-2H3,(H,15,20)(H,18,19). The summed E-state index contributed by atoms with van der Waals surface area (Å²) in [6, 6.07) is 5.23. The number of carboxylic acid groups (broad SMARTS) is 1. The van der Waals surface area contributed by atoms with Gasteiger partial charge < -0.3 is 15.3 Å². The Balaban J connectivity index is 2.00. The van der Waals surface area contributed by atoms with Crippen LogP contribution in [0.1, 0.15) is 31.2 Å². The van der Waals surface area contributed by atoms with Crippen molar-refractivity contribution in [2.24, 2.45) is 0 Å². The van der Waals surface area contributed by atoms with Gasteiger partial charge in [0.05, 0.1) is 12.2 Å². The SMILES string of the molecule is Cc1cccc(CNC(=O)N2CCCC2(C)C(=O)O)n1. The molecule has 0 radical (unpaired) electrons. The summed E-state index contributed by atoms with van der Waals surface area (Å²) in [7, 11) is 0. The van der Waals surface area contributed by atoms with E-state index in [0.29, 0.717) is 25.9 Å². The number of amides is 2. The van der Waals surface area contributed by atoms with Crippen molar-refractivity contribution in [2.45, 2.75) is 38.8 Å². The molecule has 1 fully saturated rings. The lowest BCUT2D eigenvalue weighted by molar-refractivity contribution is -0.147. The highest BCUT2D eigenvalue weighted by atomic mass is 16.4. The number of aryl methyl sites for hydroxylation is 1. The number of urea groups is 1. The average Bonchev–Trinajstić information content (AvgIpc) is 2.80. The molecule has 2 N–H and O–H groups in total. The first-order chi connectivity index (χ1) is 9.43. The van der Waals surface area contributed by atoms with E-state index in [-0.39, 0.29) is 6.03 Å². The van der Waals surface area contributed by atoms with Gasteiger partial charge in [-0.25, -0.2) is 9.59 Å². The number of likely N-dealkylation sites (tertiary alicyclic amines) is 1. The minimum absolute atomic E-state index is 0.298. The molecule has 2 amide bonds. The van der Waals surface area contributed by atoms with Crippen LogP contribution in [0, 0.1) is 6.92 Å². The lowest BCUT2D eigenvalue weighted by atomic mass is 10.00. The highest BCUT2D eigenvalue weighted by Gasteiger charge is 2.45. The number of nitrogens with one attached hydrogen (secondary N) is 1. The van der Waals surface area contributed by atoms with Crippen LogP contribution in [0.2, 0.25) is 0 Å². The zero-order chi connectivity index (χ0) is 14.8. The molecule has 2 heterocycles. The van der Waals surface area contributed by atoms with Gasteiger partial charge in [0.1, 0.15) is 5.54 Å². The number of aliphatic carboxylic acids is 1. The van der Waals surface area contributed by atoms with Crippen LogP contribution >= 0.6 is 0 Å². The minimum atomic E-state index is -1.11. The maximum Gasteiger partial charge on any atom is 0.329 e. The van der Waals surface area contributed by atoms with Crippen molar-refractivity contribution < 1.29 is 14.7 Å². The van der Waals surface area contributed by atoms with E-state index in [0.717, 1.165) is 11.4 Å². The number of pyridine rings is 1. The molecule has 1 unspecified atom stereocenters. The highest BCUT2D eigenvalue weighted by molar-refractivity contribution is 5.86. The minimum Gasteiger partial charge on any atom is -0.480 e. The largest absolute Gasteiger partial charge is 0.480 e. The number of carboxylic acids is 1. The second kappa shape index (κ2) is 5.48. The summed E-state index contributed by atoms with van der Waals surface area (Å²) in [5.74, 6) is -0.959. The molecule has 6 nitrogen and oxygen atoms in total. The number of nitrogens with zero attached hydrogens (tertiary/aromatic N) is 2. The van der Waals surface area contributed by atoms with Gasteiger partial charge in [0, 0.05) is 12.2 Å². The predicted molar refractivity (Wildman–Crippen MR) is 73.2 cm³/mol. The van der Waals surface area contributed by atoms with E-state index in [1.807, 2.05) is 25.1 Å². The third-order valence-corrected chi connectivity index (χ3v) is 3.71. The maximum absolute atomic E-state index is 12.1. The average molecular weight is 277 g/mol. The molecule has 0 spiro atoms. The first-order valence-corrected chi connectivity index (χ1v) is 6.65. The Labute approximate surface area is 117 Å². The summed E-state index contributed by atoms with van der Waals surface area (Å²) < 4.78 is 0. The number of carbonyl (C=O) groups is 2. The molecule has 0 aromatic carbocycles. The Bertz CT molecular complexity index is 532. The van der Waals surface area contributed by atoms with Gasteiger partial charge in [-0.2, -0.15) is 0 Å². The van der Waals surface area contributed by atoms with Gasteiger partial charge in [-0.15, -0.1) is 0 Å². The van der Waals surface area contributed by atoms with Crippen LogP contribution in [0.3, 0.4) is 0 Å². The van der Waals surface area contributed by atoms with E-state index in [9.17, 15) is 14.7 Å². The molecular formula is C14H19N3O3. The van der Waals surface area contributed by atoms with Gasteiger partial charge >= 0.3 is 12.0 Å². The smallest absolute Gasteiger partial charge is 0.329 e. The van der Waals surface area contributed by atoms with Crippen LogP contribution in [0.4, 0.5) is 4.79 Å². The van der Waals surface area contributed by atoms with E-state index in [1.165, 1.54) is 4.90 Å². The number of aromatic nitrogens is 1. The molecule has 2 rings (SSSR count). The normalized spacial score (nSPS) is 21.8. The fourth-order valence-corrected chi connectivity index (χ4v) is 2.47. The van der Waals surface area contributed by atoms with Crippen molar-refractivity contribution in [1.29, 1.82) is 0 Å². The molecule has 0 aliphatic carbocycles. The number of hydrogen-bond donors (Lipinski definition) is 2. The van der Waals surface area contributed by atoms with E-state index in [1.54, 1.807) is 6.92 Å². The van der Waals surface area contributed by atoms with Crippen LogP contribution in [-0.4, -0.2) is 39.1 Å². The third-order valence-electron chi connectivity index (χ3n) is 3.71. The van der Waals surface area contributed by atoms with Crippen molar-refractivity contribution in [3.63, 3.8) is 0 Å².